The number of alkyl carbamates (subject to hydrolysis) is 1. The number of carboxylic acid groups (broad SMARTS) is 1. The first-order valence-corrected chi connectivity index (χ1v) is 5.00. The van der Waals surface area contributed by atoms with Gasteiger partial charge in [0.15, 0.2) is 0 Å². The van der Waals surface area contributed by atoms with Crippen molar-refractivity contribution < 1.29 is 24.5 Å². The lowest BCUT2D eigenvalue weighted by atomic mass is 10.0. The molecule has 3 N–H and O–H groups in total. The lowest BCUT2D eigenvalue weighted by Crippen LogP contribution is -2.47. The number of carbonyl (C=O) groups excluding carboxylic acids is 1. The van der Waals surface area contributed by atoms with Crippen molar-refractivity contribution in [2.24, 2.45) is 5.92 Å². The number of carbonyl (C=O) groups is 2. The summed E-state index contributed by atoms with van der Waals surface area (Å²) in [6, 6.07) is -1.15. The number of aliphatic hydroxyl groups is 1. The molecule has 2 atom stereocenters. The summed E-state index contributed by atoms with van der Waals surface area (Å²) >= 11 is 0. The molecule has 0 spiro atoms. The number of aliphatic hydroxyl groups excluding tert-OH is 1. The fraction of sp³-hybridized carbons (Fsp3) is 0.800. The lowest BCUT2D eigenvalue weighted by Gasteiger charge is -2.24. The van der Waals surface area contributed by atoms with E-state index in [-0.39, 0.29) is 6.61 Å². The molecule has 0 fully saturated rings. The van der Waals surface area contributed by atoms with Gasteiger partial charge in [-0.05, 0) is 20.8 Å². The zero-order chi connectivity index (χ0) is 12.9. The van der Waals surface area contributed by atoms with Gasteiger partial charge >= 0.3 is 12.1 Å². The summed E-state index contributed by atoms with van der Waals surface area (Å²) in [7, 11) is 0. The highest BCUT2D eigenvalue weighted by Crippen LogP contribution is 2.08. The number of hydrogen-bond donors (Lipinski definition) is 3. The van der Waals surface area contributed by atoms with Gasteiger partial charge in [0.25, 0.3) is 0 Å². The third-order valence-corrected chi connectivity index (χ3v) is 1.80. The minimum atomic E-state index is -1.20. The predicted octanol–water partition coefficient (Wildman–Crippen LogP) is 0.593. The van der Waals surface area contributed by atoms with E-state index in [0.29, 0.717) is 0 Å². The van der Waals surface area contributed by atoms with E-state index in [1.807, 2.05) is 0 Å². The molecule has 16 heavy (non-hydrogen) atoms. The number of ether oxygens (including phenoxy) is 1. The molecule has 0 saturated carbocycles. The molecule has 0 radical (unpaired) electrons. The van der Waals surface area contributed by atoms with E-state index in [2.05, 4.69) is 5.32 Å². The highest BCUT2D eigenvalue weighted by molar-refractivity contribution is 5.80. The van der Waals surface area contributed by atoms with Gasteiger partial charge in [-0.25, -0.2) is 9.59 Å². The van der Waals surface area contributed by atoms with Crippen LogP contribution in [0.5, 0.6) is 0 Å². The predicted molar refractivity (Wildman–Crippen MR) is 57.0 cm³/mol. The summed E-state index contributed by atoms with van der Waals surface area (Å²) < 4.78 is 4.92. The summed E-state index contributed by atoms with van der Waals surface area (Å²) in [6.07, 6.45) is -0.805. The van der Waals surface area contributed by atoms with E-state index in [4.69, 9.17) is 14.9 Å². The maximum absolute atomic E-state index is 11.3. The third kappa shape index (κ3) is 5.55. The van der Waals surface area contributed by atoms with E-state index in [0.717, 1.165) is 0 Å². The summed E-state index contributed by atoms with van der Waals surface area (Å²) in [5, 5.41) is 19.9. The largest absolute Gasteiger partial charge is 0.480 e. The zero-order valence-electron chi connectivity index (χ0n) is 9.98. The molecule has 0 saturated heterocycles. The Morgan fingerprint density at radius 1 is 1.38 bits per heavy atom. The van der Waals surface area contributed by atoms with Crippen molar-refractivity contribution in [2.75, 3.05) is 6.61 Å². The molecule has 94 valence electrons. The molecule has 6 heteroatoms. The first kappa shape index (κ1) is 14.7. The smallest absolute Gasteiger partial charge is 0.408 e. The first-order chi connectivity index (χ1) is 7.17. The van der Waals surface area contributed by atoms with Gasteiger partial charge in [-0.1, -0.05) is 6.92 Å². The fourth-order valence-corrected chi connectivity index (χ4v) is 0.987. The maximum Gasteiger partial charge on any atom is 0.408 e. The highest BCUT2D eigenvalue weighted by Gasteiger charge is 2.28. The van der Waals surface area contributed by atoms with Crippen molar-refractivity contribution >= 4 is 12.1 Å². The Balaban J connectivity index is 4.42. The van der Waals surface area contributed by atoms with Gasteiger partial charge in [0.05, 0.1) is 0 Å². The topological polar surface area (TPSA) is 95.9 Å². The number of nitrogens with one attached hydrogen (secondary N) is 1. The molecule has 0 aliphatic heterocycles. The Bertz CT molecular complexity index is 258. The quantitative estimate of drug-likeness (QED) is 0.660. The SMILES string of the molecule is C[C@@H](CO)[C@@H](NC(=O)OC(C)(C)C)C(=O)O. The number of hydrogen-bond acceptors (Lipinski definition) is 4. The van der Waals surface area contributed by atoms with Crippen LogP contribution in [0.1, 0.15) is 27.7 Å². The number of rotatable bonds is 4. The molecule has 0 aromatic heterocycles. The molecule has 0 unspecified atom stereocenters. The average Bonchev–Trinajstić information content (AvgIpc) is 2.09. The van der Waals surface area contributed by atoms with Gasteiger partial charge in [0.1, 0.15) is 11.6 Å². The average molecular weight is 233 g/mol. The Morgan fingerprint density at radius 2 is 1.88 bits per heavy atom. The van der Waals surface area contributed by atoms with E-state index >= 15 is 0 Å². The van der Waals surface area contributed by atoms with Crippen molar-refractivity contribution in [3.8, 4) is 0 Å². The molecule has 0 aliphatic rings. The van der Waals surface area contributed by atoms with Gasteiger partial charge in [-0.15, -0.1) is 0 Å². The highest BCUT2D eigenvalue weighted by atomic mass is 16.6. The van der Waals surface area contributed by atoms with Gasteiger partial charge in [-0.2, -0.15) is 0 Å². The standard InChI is InChI=1S/C10H19NO5/c1-6(5-12)7(8(13)14)11-9(15)16-10(2,3)4/h6-7,12H,5H2,1-4H3,(H,11,15)(H,13,14)/t6-,7+/m0/s1. The summed E-state index contributed by atoms with van der Waals surface area (Å²) in [4.78, 5) is 22.1. The number of carboxylic acids is 1. The normalized spacial score (nSPS) is 15.1. The second-order valence-electron chi connectivity index (χ2n) is 4.62. The van der Waals surface area contributed by atoms with Crippen LogP contribution in [0.15, 0.2) is 0 Å². The summed E-state index contributed by atoms with van der Waals surface area (Å²) in [5.41, 5.74) is -0.685. The molecule has 0 aromatic rings. The molecular formula is C10H19NO5. The van der Waals surface area contributed by atoms with Crippen LogP contribution in [-0.4, -0.2) is 40.5 Å². The fourth-order valence-electron chi connectivity index (χ4n) is 0.987. The second kappa shape index (κ2) is 5.69. The first-order valence-electron chi connectivity index (χ1n) is 5.00. The zero-order valence-corrected chi connectivity index (χ0v) is 9.98. The molecule has 0 aromatic carbocycles. The van der Waals surface area contributed by atoms with E-state index < -0.39 is 29.6 Å². The van der Waals surface area contributed by atoms with Crippen LogP contribution >= 0.6 is 0 Å². The van der Waals surface area contributed by atoms with Crippen LogP contribution in [0, 0.1) is 5.92 Å². The molecule has 6 nitrogen and oxygen atoms in total. The van der Waals surface area contributed by atoms with Crippen molar-refractivity contribution in [1.82, 2.24) is 5.32 Å². The Kier molecular flexibility index (Phi) is 5.23. The van der Waals surface area contributed by atoms with Crippen molar-refractivity contribution in [3.05, 3.63) is 0 Å². The maximum atomic E-state index is 11.3. The van der Waals surface area contributed by atoms with Crippen molar-refractivity contribution in [3.63, 3.8) is 0 Å². The lowest BCUT2D eigenvalue weighted by molar-refractivity contribution is -0.141. The molecule has 0 heterocycles. The van der Waals surface area contributed by atoms with Crippen LogP contribution in [-0.2, 0) is 9.53 Å². The Hall–Kier alpha value is -1.30. The Morgan fingerprint density at radius 3 is 2.19 bits per heavy atom. The molecule has 0 rings (SSSR count). The monoisotopic (exact) mass is 233 g/mol. The summed E-state index contributed by atoms with van der Waals surface area (Å²) in [5.74, 6) is -1.78. The van der Waals surface area contributed by atoms with Crippen LogP contribution in [0.3, 0.4) is 0 Å². The van der Waals surface area contributed by atoms with Crippen LogP contribution in [0.2, 0.25) is 0 Å². The van der Waals surface area contributed by atoms with Gasteiger partial charge in [0, 0.05) is 12.5 Å². The number of amides is 1. The minimum absolute atomic E-state index is 0.327. The second-order valence-corrected chi connectivity index (χ2v) is 4.62. The Labute approximate surface area is 94.6 Å². The third-order valence-electron chi connectivity index (χ3n) is 1.80. The summed E-state index contributed by atoms with van der Waals surface area (Å²) in [6.45, 7) is 6.23. The van der Waals surface area contributed by atoms with E-state index in [9.17, 15) is 9.59 Å². The van der Waals surface area contributed by atoms with Crippen molar-refractivity contribution in [2.45, 2.75) is 39.3 Å². The van der Waals surface area contributed by atoms with Gasteiger partial charge in [-0.3, -0.25) is 0 Å². The van der Waals surface area contributed by atoms with Crippen LogP contribution in [0.25, 0.3) is 0 Å². The van der Waals surface area contributed by atoms with Gasteiger partial charge in [0.2, 0.25) is 0 Å². The molecule has 0 bridgehead atoms. The molecule has 0 aliphatic carbocycles. The molecular weight excluding hydrogens is 214 g/mol. The van der Waals surface area contributed by atoms with Gasteiger partial charge < -0.3 is 20.3 Å². The van der Waals surface area contributed by atoms with E-state index in [1.165, 1.54) is 6.92 Å². The van der Waals surface area contributed by atoms with Crippen molar-refractivity contribution in [1.29, 1.82) is 0 Å². The number of aliphatic carboxylic acids is 1. The van der Waals surface area contributed by atoms with Crippen LogP contribution < -0.4 is 5.32 Å². The molecule has 1 amide bonds. The minimum Gasteiger partial charge on any atom is -0.480 e. The van der Waals surface area contributed by atoms with Crippen LogP contribution in [0.4, 0.5) is 4.79 Å². The van der Waals surface area contributed by atoms with E-state index in [1.54, 1.807) is 20.8 Å².